The molecule has 1 aliphatic rings. The van der Waals surface area contributed by atoms with Gasteiger partial charge < -0.3 is 4.74 Å². The van der Waals surface area contributed by atoms with Crippen LogP contribution in [0.4, 0.5) is 0 Å². The Balaban J connectivity index is 2.08. The summed E-state index contributed by atoms with van der Waals surface area (Å²) >= 11 is 0. The summed E-state index contributed by atoms with van der Waals surface area (Å²) in [5.74, 6) is 1.05. The highest BCUT2D eigenvalue weighted by atomic mass is 16.5. The second-order valence-electron chi connectivity index (χ2n) is 2.45. The van der Waals surface area contributed by atoms with Crippen LogP contribution in [0.25, 0.3) is 0 Å². The summed E-state index contributed by atoms with van der Waals surface area (Å²) in [6.45, 7) is 3.04. The van der Waals surface area contributed by atoms with Gasteiger partial charge >= 0.3 is 0 Å². The van der Waals surface area contributed by atoms with Gasteiger partial charge in [0.1, 0.15) is 5.76 Å². The van der Waals surface area contributed by atoms with E-state index in [1.807, 2.05) is 6.08 Å². The topological polar surface area (TPSA) is 9.23 Å². The molecule has 1 nitrogen and oxygen atoms in total. The standard InChI is InChI=1S/C9H14O/c1-2-3-8-10-9-6-4-5-7-9/h4,6-7H,2-3,5,8H2,1H3. The average molecular weight is 138 g/mol. The molecule has 0 heterocycles. The first-order valence-electron chi connectivity index (χ1n) is 3.93. The first-order valence-corrected chi connectivity index (χ1v) is 3.93. The highest BCUT2D eigenvalue weighted by Crippen LogP contribution is 2.10. The van der Waals surface area contributed by atoms with Crippen LogP contribution in [0.5, 0.6) is 0 Å². The molecule has 1 rings (SSSR count). The molecule has 0 spiro atoms. The molecule has 0 N–H and O–H groups in total. The second-order valence-corrected chi connectivity index (χ2v) is 2.45. The molecule has 0 aromatic heterocycles. The van der Waals surface area contributed by atoms with Crippen molar-refractivity contribution in [2.45, 2.75) is 26.2 Å². The van der Waals surface area contributed by atoms with E-state index in [-0.39, 0.29) is 0 Å². The number of unbranched alkanes of at least 4 members (excludes halogenated alkanes) is 1. The lowest BCUT2D eigenvalue weighted by Gasteiger charge is -2.02. The molecule has 0 atom stereocenters. The fourth-order valence-corrected chi connectivity index (χ4v) is 0.878. The van der Waals surface area contributed by atoms with Gasteiger partial charge in [0, 0.05) is 0 Å². The molecular weight excluding hydrogens is 124 g/mol. The molecule has 0 saturated heterocycles. The lowest BCUT2D eigenvalue weighted by Crippen LogP contribution is -1.90. The van der Waals surface area contributed by atoms with Crippen LogP contribution in [0.15, 0.2) is 24.0 Å². The minimum absolute atomic E-state index is 0.868. The van der Waals surface area contributed by atoms with Crippen molar-refractivity contribution < 1.29 is 4.74 Å². The van der Waals surface area contributed by atoms with Crippen LogP contribution in [-0.2, 0) is 4.74 Å². The van der Waals surface area contributed by atoms with E-state index >= 15 is 0 Å². The van der Waals surface area contributed by atoms with E-state index in [4.69, 9.17) is 4.74 Å². The van der Waals surface area contributed by atoms with Gasteiger partial charge in [0.15, 0.2) is 0 Å². The van der Waals surface area contributed by atoms with Gasteiger partial charge in [-0.05, 0) is 25.0 Å². The second kappa shape index (κ2) is 4.15. The lowest BCUT2D eigenvalue weighted by molar-refractivity contribution is 0.220. The molecule has 0 aromatic rings. The fourth-order valence-electron chi connectivity index (χ4n) is 0.878. The van der Waals surface area contributed by atoms with E-state index in [0.29, 0.717) is 0 Å². The van der Waals surface area contributed by atoms with Gasteiger partial charge in [-0.1, -0.05) is 19.4 Å². The molecule has 0 radical (unpaired) electrons. The Bertz CT molecular complexity index is 145. The molecular formula is C9H14O. The zero-order valence-corrected chi connectivity index (χ0v) is 6.47. The number of hydrogen-bond donors (Lipinski definition) is 0. The molecule has 0 unspecified atom stereocenters. The Hall–Kier alpha value is -0.720. The minimum Gasteiger partial charge on any atom is -0.494 e. The number of rotatable bonds is 4. The van der Waals surface area contributed by atoms with Crippen molar-refractivity contribution in [3.8, 4) is 0 Å². The third kappa shape index (κ3) is 2.26. The van der Waals surface area contributed by atoms with Crippen LogP contribution >= 0.6 is 0 Å². The van der Waals surface area contributed by atoms with Crippen LogP contribution in [0.1, 0.15) is 26.2 Å². The van der Waals surface area contributed by atoms with Crippen molar-refractivity contribution in [1.82, 2.24) is 0 Å². The Labute approximate surface area is 62.4 Å². The van der Waals surface area contributed by atoms with E-state index in [2.05, 4.69) is 19.1 Å². The lowest BCUT2D eigenvalue weighted by atomic mass is 10.4. The van der Waals surface area contributed by atoms with E-state index in [1.54, 1.807) is 0 Å². The van der Waals surface area contributed by atoms with Crippen LogP contribution < -0.4 is 0 Å². The maximum atomic E-state index is 5.42. The summed E-state index contributed by atoms with van der Waals surface area (Å²) in [7, 11) is 0. The normalized spacial score (nSPS) is 15.5. The molecule has 0 bridgehead atoms. The summed E-state index contributed by atoms with van der Waals surface area (Å²) < 4.78 is 5.42. The largest absolute Gasteiger partial charge is 0.494 e. The van der Waals surface area contributed by atoms with Gasteiger partial charge in [0.05, 0.1) is 6.61 Å². The number of ether oxygens (including phenoxy) is 1. The molecule has 1 heteroatoms. The SMILES string of the molecule is CCCCOC1=CCC=C1. The summed E-state index contributed by atoms with van der Waals surface area (Å²) in [5.41, 5.74) is 0. The summed E-state index contributed by atoms with van der Waals surface area (Å²) in [6, 6.07) is 0. The molecule has 0 saturated carbocycles. The summed E-state index contributed by atoms with van der Waals surface area (Å²) in [4.78, 5) is 0. The molecule has 56 valence electrons. The summed E-state index contributed by atoms with van der Waals surface area (Å²) in [5, 5.41) is 0. The smallest absolute Gasteiger partial charge is 0.115 e. The average Bonchev–Trinajstić information content (AvgIpc) is 2.41. The zero-order chi connectivity index (χ0) is 7.23. The maximum absolute atomic E-state index is 5.42. The predicted octanol–water partition coefficient (Wildman–Crippen LogP) is 2.65. The van der Waals surface area contributed by atoms with Crippen molar-refractivity contribution in [1.29, 1.82) is 0 Å². The van der Waals surface area contributed by atoms with Crippen molar-refractivity contribution >= 4 is 0 Å². The highest BCUT2D eigenvalue weighted by Gasteiger charge is 1.95. The van der Waals surface area contributed by atoms with Gasteiger partial charge in [-0.15, -0.1) is 0 Å². The quantitative estimate of drug-likeness (QED) is 0.543. The van der Waals surface area contributed by atoms with Gasteiger partial charge in [-0.2, -0.15) is 0 Å². The van der Waals surface area contributed by atoms with Crippen molar-refractivity contribution in [3.05, 3.63) is 24.0 Å². The molecule has 0 amide bonds. The Morgan fingerprint density at radius 1 is 1.60 bits per heavy atom. The van der Waals surface area contributed by atoms with E-state index < -0.39 is 0 Å². The Morgan fingerprint density at radius 3 is 3.10 bits per heavy atom. The van der Waals surface area contributed by atoms with Crippen molar-refractivity contribution in [3.63, 3.8) is 0 Å². The first kappa shape index (κ1) is 7.39. The fraction of sp³-hybridized carbons (Fsp3) is 0.556. The van der Waals surface area contributed by atoms with Gasteiger partial charge in [-0.3, -0.25) is 0 Å². The molecule has 10 heavy (non-hydrogen) atoms. The summed E-state index contributed by atoms with van der Waals surface area (Å²) in [6.07, 6.45) is 9.66. The monoisotopic (exact) mass is 138 g/mol. The molecule has 0 aliphatic heterocycles. The van der Waals surface area contributed by atoms with Gasteiger partial charge in [0.25, 0.3) is 0 Å². The predicted molar refractivity (Wildman–Crippen MR) is 42.7 cm³/mol. The number of allylic oxidation sites excluding steroid dienone is 3. The van der Waals surface area contributed by atoms with Crippen molar-refractivity contribution in [2.75, 3.05) is 6.61 Å². The van der Waals surface area contributed by atoms with Gasteiger partial charge in [-0.25, -0.2) is 0 Å². The van der Waals surface area contributed by atoms with E-state index in [0.717, 1.165) is 25.2 Å². The van der Waals surface area contributed by atoms with Crippen LogP contribution in [0.2, 0.25) is 0 Å². The van der Waals surface area contributed by atoms with Gasteiger partial charge in [0.2, 0.25) is 0 Å². The highest BCUT2D eigenvalue weighted by molar-refractivity contribution is 5.20. The molecule has 1 aliphatic carbocycles. The Morgan fingerprint density at radius 2 is 2.50 bits per heavy atom. The van der Waals surface area contributed by atoms with Crippen LogP contribution in [0.3, 0.4) is 0 Å². The minimum atomic E-state index is 0.868. The molecule has 0 fully saturated rings. The van der Waals surface area contributed by atoms with Crippen LogP contribution in [0, 0.1) is 0 Å². The molecule has 0 aromatic carbocycles. The van der Waals surface area contributed by atoms with E-state index in [9.17, 15) is 0 Å². The van der Waals surface area contributed by atoms with Crippen LogP contribution in [-0.4, -0.2) is 6.61 Å². The van der Waals surface area contributed by atoms with Crippen molar-refractivity contribution in [2.24, 2.45) is 0 Å². The number of hydrogen-bond acceptors (Lipinski definition) is 1. The maximum Gasteiger partial charge on any atom is 0.115 e. The first-order chi connectivity index (χ1) is 4.93. The van der Waals surface area contributed by atoms with E-state index in [1.165, 1.54) is 6.42 Å². The Kier molecular flexibility index (Phi) is 3.07. The third-order valence-corrected chi connectivity index (χ3v) is 1.50. The third-order valence-electron chi connectivity index (χ3n) is 1.50. The zero-order valence-electron chi connectivity index (χ0n) is 6.47.